The number of rotatable bonds is 7. The molecule has 10 nitrogen and oxygen atoms in total. The van der Waals surface area contributed by atoms with Crippen molar-refractivity contribution in [2.24, 2.45) is 5.73 Å². The zero-order chi connectivity index (χ0) is 24.1. The highest BCUT2D eigenvalue weighted by Crippen LogP contribution is 2.26. The second-order valence-corrected chi connectivity index (χ2v) is 8.87. The molecule has 0 radical (unpaired) electrons. The van der Waals surface area contributed by atoms with Crippen LogP contribution in [0, 0.1) is 11.2 Å². The number of pyridine rings is 1. The average molecular weight is 451 g/mol. The smallest absolute Gasteiger partial charge is 0.407 e. The van der Waals surface area contributed by atoms with Crippen molar-refractivity contribution in [3.8, 4) is 0 Å². The summed E-state index contributed by atoms with van der Waals surface area (Å²) >= 11 is 0. The van der Waals surface area contributed by atoms with E-state index in [1.54, 1.807) is 20.8 Å². The molecule has 6 N–H and O–H groups in total. The number of aromatic nitrogens is 1. The quantitative estimate of drug-likeness (QED) is 0.402. The Hall–Kier alpha value is -3.24. The maximum absolute atomic E-state index is 14.7. The van der Waals surface area contributed by atoms with E-state index in [1.807, 2.05) is 0 Å². The number of nitrogens with zero attached hydrogens (tertiary/aromatic N) is 1. The molecule has 0 spiro atoms. The third-order valence-electron chi connectivity index (χ3n) is 4.72. The van der Waals surface area contributed by atoms with Crippen molar-refractivity contribution in [3.05, 3.63) is 17.4 Å². The topological polar surface area (TPSA) is 159 Å². The molecule has 2 atom stereocenters. The van der Waals surface area contributed by atoms with E-state index in [2.05, 4.69) is 20.9 Å². The van der Waals surface area contributed by atoms with E-state index < -0.39 is 29.3 Å². The van der Waals surface area contributed by atoms with Crippen molar-refractivity contribution < 1.29 is 23.5 Å². The summed E-state index contributed by atoms with van der Waals surface area (Å²) in [5, 5.41) is 15.6. The minimum absolute atomic E-state index is 0.113. The number of amides is 3. The van der Waals surface area contributed by atoms with Crippen molar-refractivity contribution in [2.75, 3.05) is 10.6 Å². The fraction of sp³-hybridized carbons (Fsp3) is 0.571. The van der Waals surface area contributed by atoms with Gasteiger partial charge in [-0.2, -0.15) is 0 Å². The highest BCUT2D eigenvalue weighted by molar-refractivity contribution is 6.07. The molecule has 2 unspecified atom stereocenters. The Morgan fingerprint density at radius 3 is 2.41 bits per heavy atom. The Morgan fingerprint density at radius 1 is 1.22 bits per heavy atom. The lowest BCUT2D eigenvalue weighted by atomic mass is 9.90. The number of halogens is 1. The second-order valence-electron chi connectivity index (χ2n) is 8.87. The number of hydrogen-bond donors (Lipinski definition) is 5. The van der Waals surface area contributed by atoms with Crippen LogP contribution in [-0.2, 0) is 9.53 Å². The van der Waals surface area contributed by atoms with Gasteiger partial charge in [0, 0.05) is 11.8 Å². The summed E-state index contributed by atoms with van der Waals surface area (Å²) < 4.78 is 20.0. The molecule has 1 aliphatic rings. The van der Waals surface area contributed by atoms with Crippen LogP contribution in [0.5, 0.6) is 0 Å². The highest BCUT2D eigenvalue weighted by Gasteiger charge is 2.30. The zero-order valence-electron chi connectivity index (χ0n) is 18.8. The van der Waals surface area contributed by atoms with E-state index in [1.165, 1.54) is 6.92 Å². The molecule has 0 saturated heterocycles. The Kier molecular flexibility index (Phi) is 8.12. The molecule has 1 aliphatic carbocycles. The monoisotopic (exact) mass is 450 g/mol. The fourth-order valence-electron chi connectivity index (χ4n) is 3.40. The van der Waals surface area contributed by atoms with Crippen LogP contribution in [0.25, 0.3) is 0 Å². The van der Waals surface area contributed by atoms with Gasteiger partial charge in [0.2, 0.25) is 5.91 Å². The summed E-state index contributed by atoms with van der Waals surface area (Å²) in [5.74, 6) is -2.72. The second kappa shape index (κ2) is 10.4. The molecule has 0 aliphatic heterocycles. The third-order valence-corrected chi connectivity index (χ3v) is 4.72. The third kappa shape index (κ3) is 7.47. The van der Waals surface area contributed by atoms with Gasteiger partial charge in [0.05, 0.1) is 18.0 Å². The van der Waals surface area contributed by atoms with Crippen LogP contribution in [0.3, 0.4) is 0 Å². The Bertz CT molecular complexity index is 899. The van der Waals surface area contributed by atoms with Crippen molar-refractivity contribution in [3.63, 3.8) is 0 Å². The first-order valence-electron chi connectivity index (χ1n) is 10.5. The number of anilines is 2. The first-order chi connectivity index (χ1) is 14.9. The van der Waals surface area contributed by atoms with Gasteiger partial charge in [-0.15, -0.1) is 0 Å². The van der Waals surface area contributed by atoms with Crippen LogP contribution in [0.1, 0.15) is 70.2 Å². The lowest BCUT2D eigenvalue weighted by molar-refractivity contribution is -0.115. The Labute approximate surface area is 186 Å². The van der Waals surface area contributed by atoms with Crippen molar-refractivity contribution in [2.45, 2.75) is 77.5 Å². The summed E-state index contributed by atoms with van der Waals surface area (Å²) in [4.78, 5) is 40.0. The normalized spacial score (nSPS) is 18.4. The van der Waals surface area contributed by atoms with Crippen LogP contribution in [0.4, 0.5) is 20.8 Å². The Morgan fingerprint density at radius 2 is 1.84 bits per heavy atom. The van der Waals surface area contributed by atoms with E-state index in [0.717, 1.165) is 18.9 Å². The number of nitrogens with two attached hydrogens (primary N) is 1. The number of nitrogens with one attached hydrogen (secondary N) is 4. The molecular weight excluding hydrogens is 419 g/mol. The summed E-state index contributed by atoms with van der Waals surface area (Å²) in [6.45, 7) is 6.75. The molecule has 176 valence electrons. The largest absolute Gasteiger partial charge is 0.444 e. The van der Waals surface area contributed by atoms with Crippen molar-refractivity contribution in [1.82, 2.24) is 10.3 Å². The molecule has 1 aromatic rings. The van der Waals surface area contributed by atoms with Crippen molar-refractivity contribution in [1.29, 1.82) is 5.41 Å². The van der Waals surface area contributed by atoms with Gasteiger partial charge >= 0.3 is 6.09 Å². The van der Waals surface area contributed by atoms with E-state index in [-0.39, 0.29) is 41.4 Å². The summed E-state index contributed by atoms with van der Waals surface area (Å²) in [5.41, 5.74) is 4.48. The number of carbonyl (C=O) groups is 3. The average Bonchev–Trinajstić information content (AvgIpc) is 2.63. The van der Waals surface area contributed by atoms with Crippen LogP contribution < -0.4 is 21.7 Å². The minimum Gasteiger partial charge on any atom is -0.444 e. The first kappa shape index (κ1) is 25.0. The summed E-state index contributed by atoms with van der Waals surface area (Å²) in [6, 6.07) is 0.239. The van der Waals surface area contributed by atoms with E-state index >= 15 is 0 Å². The van der Waals surface area contributed by atoms with Gasteiger partial charge in [-0.1, -0.05) is 12.8 Å². The van der Waals surface area contributed by atoms with Crippen LogP contribution in [0.2, 0.25) is 0 Å². The standard InChI is InChI=1S/C21H31FN6O4/c1-11(23)9-16(29)27-18-12(17(24)30)10-13(22)19(28-18)25-14-7-5-6-8-15(14)26-20(31)32-21(2,3)4/h10,14-15,23H,5-9H2,1-4H3,(H2,24,30)(H,26,31)(H2,25,27,28,29). The number of alkyl carbamates (subject to hydrolysis) is 1. The Balaban J connectivity index is 2.24. The molecule has 0 aromatic carbocycles. The zero-order valence-corrected chi connectivity index (χ0v) is 18.8. The molecule has 1 aromatic heterocycles. The fourth-order valence-corrected chi connectivity index (χ4v) is 3.40. The molecular formula is C21H31FN6O4. The van der Waals surface area contributed by atoms with Gasteiger partial charge in [-0.25, -0.2) is 14.2 Å². The van der Waals surface area contributed by atoms with Gasteiger partial charge in [0.15, 0.2) is 11.6 Å². The number of ether oxygens (including phenoxy) is 1. The highest BCUT2D eigenvalue weighted by atomic mass is 19.1. The summed E-state index contributed by atoms with van der Waals surface area (Å²) in [6.07, 6.45) is 2.30. The van der Waals surface area contributed by atoms with E-state index in [9.17, 15) is 18.8 Å². The van der Waals surface area contributed by atoms with Gasteiger partial charge in [0.1, 0.15) is 11.4 Å². The lowest BCUT2D eigenvalue weighted by Crippen LogP contribution is -2.50. The van der Waals surface area contributed by atoms with Crippen molar-refractivity contribution >= 4 is 35.3 Å². The predicted molar refractivity (Wildman–Crippen MR) is 118 cm³/mol. The SMILES string of the molecule is CC(=N)CC(=O)Nc1nc(NC2CCCCC2NC(=O)OC(C)(C)C)c(F)cc1C(N)=O. The number of hydrogen-bond acceptors (Lipinski definition) is 7. The maximum atomic E-state index is 14.7. The van der Waals surface area contributed by atoms with E-state index in [0.29, 0.717) is 12.8 Å². The van der Waals surface area contributed by atoms with Gasteiger partial charge in [-0.3, -0.25) is 9.59 Å². The number of carbonyl (C=O) groups excluding carboxylic acids is 3. The molecule has 1 saturated carbocycles. The van der Waals surface area contributed by atoms with Crippen LogP contribution in [0.15, 0.2) is 6.07 Å². The molecule has 1 heterocycles. The lowest BCUT2D eigenvalue weighted by Gasteiger charge is -2.33. The maximum Gasteiger partial charge on any atom is 0.407 e. The summed E-state index contributed by atoms with van der Waals surface area (Å²) in [7, 11) is 0. The first-order valence-corrected chi connectivity index (χ1v) is 10.5. The van der Waals surface area contributed by atoms with Gasteiger partial charge < -0.3 is 31.8 Å². The molecule has 11 heteroatoms. The van der Waals surface area contributed by atoms with Crippen LogP contribution in [-0.4, -0.2) is 46.3 Å². The number of primary amides is 1. The van der Waals surface area contributed by atoms with E-state index in [4.69, 9.17) is 15.9 Å². The van der Waals surface area contributed by atoms with Gasteiger partial charge in [-0.05, 0) is 46.6 Å². The molecule has 2 rings (SSSR count). The minimum atomic E-state index is -0.952. The molecule has 0 bridgehead atoms. The van der Waals surface area contributed by atoms with Crippen LogP contribution >= 0.6 is 0 Å². The molecule has 3 amide bonds. The molecule has 1 fully saturated rings. The predicted octanol–water partition coefficient (Wildman–Crippen LogP) is 2.94. The van der Waals surface area contributed by atoms with Gasteiger partial charge in [0.25, 0.3) is 5.91 Å². The molecule has 32 heavy (non-hydrogen) atoms.